The zero-order valence-corrected chi connectivity index (χ0v) is 13.3. The average Bonchev–Trinajstić information content (AvgIpc) is 2.40. The van der Waals surface area contributed by atoms with Crippen LogP contribution < -0.4 is 10.6 Å². The van der Waals surface area contributed by atoms with Crippen LogP contribution in [0.25, 0.3) is 0 Å². The lowest BCUT2D eigenvalue weighted by atomic mass is 10.1. The predicted octanol–water partition coefficient (Wildman–Crippen LogP) is 3.42. The monoisotopic (exact) mass is 297 g/mol. The van der Waals surface area contributed by atoms with Crippen LogP contribution in [0.15, 0.2) is 12.3 Å². The van der Waals surface area contributed by atoms with Crippen LogP contribution in [0.1, 0.15) is 39.2 Å². The van der Waals surface area contributed by atoms with Crippen molar-refractivity contribution < 1.29 is 4.39 Å². The maximum absolute atomic E-state index is 14.4. The lowest BCUT2D eigenvalue weighted by Gasteiger charge is -2.24. The molecule has 1 aliphatic heterocycles. The fraction of sp³-hybridized carbons (Fsp3) is 0.667. The number of pyridine rings is 1. The van der Waals surface area contributed by atoms with Gasteiger partial charge < -0.3 is 10.6 Å². The van der Waals surface area contributed by atoms with Crippen LogP contribution in [-0.4, -0.2) is 28.1 Å². The number of hydrogen-bond acceptors (Lipinski definition) is 4. The number of aromatic nitrogens is 1. The van der Waals surface area contributed by atoms with Crippen LogP contribution in [0.3, 0.4) is 0 Å². The second kappa shape index (κ2) is 6.76. The summed E-state index contributed by atoms with van der Waals surface area (Å²) in [4.78, 5) is 4.16. The average molecular weight is 297 g/mol. The molecule has 2 heterocycles. The molecule has 2 N–H and O–H groups in total. The number of nitrogens with one attached hydrogen (secondary N) is 2. The highest BCUT2D eigenvalue weighted by Gasteiger charge is 2.18. The van der Waals surface area contributed by atoms with Gasteiger partial charge in [0.1, 0.15) is 0 Å². The highest BCUT2D eigenvalue weighted by Crippen LogP contribution is 2.22. The van der Waals surface area contributed by atoms with Crippen molar-refractivity contribution in [3.05, 3.63) is 23.6 Å². The highest BCUT2D eigenvalue weighted by atomic mass is 32.2. The van der Waals surface area contributed by atoms with Crippen molar-refractivity contribution in [1.82, 2.24) is 10.3 Å². The summed E-state index contributed by atoms with van der Waals surface area (Å²) in [5.41, 5.74) is 0.645. The van der Waals surface area contributed by atoms with Crippen LogP contribution >= 0.6 is 11.8 Å². The fourth-order valence-electron chi connectivity index (χ4n) is 2.12. The Labute approximate surface area is 125 Å². The third-order valence-electron chi connectivity index (χ3n) is 3.34. The van der Waals surface area contributed by atoms with E-state index in [0.29, 0.717) is 24.0 Å². The molecule has 1 aromatic rings. The molecule has 0 bridgehead atoms. The Morgan fingerprint density at radius 2 is 2.05 bits per heavy atom. The van der Waals surface area contributed by atoms with Crippen molar-refractivity contribution in [2.75, 3.05) is 16.8 Å². The molecule has 1 aromatic heterocycles. The Balaban J connectivity index is 2.02. The molecular weight excluding hydrogens is 273 g/mol. The Hall–Kier alpha value is -0.810. The summed E-state index contributed by atoms with van der Waals surface area (Å²) < 4.78 is 14.4. The van der Waals surface area contributed by atoms with E-state index in [1.165, 1.54) is 0 Å². The minimum absolute atomic E-state index is 0.0239. The smallest absolute Gasteiger partial charge is 0.169 e. The molecule has 0 aromatic carbocycles. The third-order valence-corrected chi connectivity index (χ3v) is 4.39. The maximum Gasteiger partial charge on any atom is 0.169 e. The lowest BCUT2D eigenvalue weighted by molar-refractivity contribution is 0.418. The molecule has 0 unspecified atom stereocenters. The van der Waals surface area contributed by atoms with Gasteiger partial charge in [0.15, 0.2) is 11.6 Å². The molecule has 0 atom stereocenters. The molecule has 1 saturated heterocycles. The topological polar surface area (TPSA) is 37.0 Å². The molecule has 5 heteroatoms. The highest BCUT2D eigenvalue weighted by molar-refractivity contribution is 7.99. The van der Waals surface area contributed by atoms with Gasteiger partial charge in [0.05, 0.1) is 0 Å². The second-order valence-corrected chi connectivity index (χ2v) is 7.49. The molecule has 1 aliphatic rings. The first kappa shape index (κ1) is 15.6. The van der Waals surface area contributed by atoms with Crippen molar-refractivity contribution >= 4 is 17.6 Å². The van der Waals surface area contributed by atoms with E-state index in [4.69, 9.17) is 0 Å². The molecule has 112 valence electrons. The number of anilines is 1. The van der Waals surface area contributed by atoms with Crippen LogP contribution in [0, 0.1) is 5.82 Å². The van der Waals surface area contributed by atoms with Gasteiger partial charge in [-0.2, -0.15) is 11.8 Å². The molecule has 0 amide bonds. The van der Waals surface area contributed by atoms with Gasteiger partial charge in [0, 0.05) is 29.9 Å². The summed E-state index contributed by atoms with van der Waals surface area (Å²) >= 11 is 1.96. The van der Waals surface area contributed by atoms with Gasteiger partial charge in [-0.05, 0) is 51.2 Å². The first-order valence-electron chi connectivity index (χ1n) is 7.18. The van der Waals surface area contributed by atoms with E-state index >= 15 is 0 Å². The summed E-state index contributed by atoms with van der Waals surface area (Å²) in [5, 5.41) is 6.57. The predicted molar refractivity (Wildman–Crippen MR) is 84.8 cm³/mol. The summed E-state index contributed by atoms with van der Waals surface area (Å²) in [7, 11) is 0. The number of hydrogen-bond donors (Lipinski definition) is 2. The molecule has 3 nitrogen and oxygen atoms in total. The minimum Gasteiger partial charge on any atom is -0.365 e. The van der Waals surface area contributed by atoms with Crippen LogP contribution in [0.5, 0.6) is 0 Å². The van der Waals surface area contributed by atoms with Crippen molar-refractivity contribution in [3.8, 4) is 0 Å². The first-order chi connectivity index (χ1) is 9.46. The van der Waals surface area contributed by atoms with Crippen LogP contribution in [0.2, 0.25) is 0 Å². The summed E-state index contributed by atoms with van der Waals surface area (Å²) in [6, 6.07) is 2.10. The largest absolute Gasteiger partial charge is 0.365 e. The fourth-order valence-corrected chi connectivity index (χ4v) is 3.22. The Morgan fingerprint density at radius 1 is 1.35 bits per heavy atom. The van der Waals surface area contributed by atoms with Crippen molar-refractivity contribution in [2.45, 2.75) is 51.7 Å². The van der Waals surface area contributed by atoms with Gasteiger partial charge in [-0.15, -0.1) is 0 Å². The minimum atomic E-state index is -0.220. The van der Waals surface area contributed by atoms with Gasteiger partial charge in [0.25, 0.3) is 0 Å². The van der Waals surface area contributed by atoms with Crippen molar-refractivity contribution in [2.24, 2.45) is 0 Å². The van der Waals surface area contributed by atoms with Gasteiger partial charge >= 0.3 is 0 Å². The zero-order valence-electron chi connectivity index (χ0n) is 12.5. The molecule has 0 radical (unpaired) electrons. The maximum atomic E-state index is 14.4. The number of thioether (sulfide) groups is 1. The van der Waals surface area contributed by atoms with Crippen LogP contribution in [0.4, 0.5) is 10.2 Å². The quantitative estimate of drug-likeness (QED) is 0.893. The molecule has 0 spiro atoms. The molecule has 2 rings (SSSR count). The van der Waals surface area contributed by atoms with E-state index in [1.54, 1.807) is 12.3 Å². The van der Waals surface area contributed by atoms with E-state index < -0.39 is 0 Å². The first-order valence-corrected chi connectivity index (χ1v) is 8.34. The summed E-state index contributed by atoms with van der Waals surface area (Å²) in [6.07, 6.45) is 3.84. The zero-order chi connectivity index (χ0) is 14.6. The SMILES string of the molecule is CC(C)(C)NCc1ccnc(NC2CCSCC2)c1F. The van der Waals surface area contributed by atoms with E-state index in [9.17, 15) is 4.39 Å². The van der Waals surface area contributed by atoms with Crippen molar-refractivity contribution in [1.29, 1.82) is 0 Å². The van der Waals surface area contributed by atoms with Gasteiger partial charge in [-0.25, -0.2) is 9.37 Å². The number of nitrogens with zero attached hydrogens (tertiary/aromatic N) is 1. The number of rotatable bonds is 4. The van der Waals surface area contributed by atoms with Gasteiger partial charge in [0.2, 0.25) is 0 Å². The van der Waals surface area contributed by atoms with Crippen LogP contribution in [-0.2, 0) is 6.54 Å². The van der Waals surface area contributed by atoms with Gasteiger partial charge in [-0.1, -0.05) is 0 Å². The summed E-state index contributed by atoms with van der Waals surface area (Å²) in [6.45, 7) is 6.74. The number of halogens is 1. The lowest BCUT2D eigenvalue weighted by Crippen LogP contribution is -2.35. The van der Waals surface area contributed by atoms with E-state index in [0.717, 1.165) is 24.3 Å². The van der Waals surface area contributed by atoms with E-state index in [-0.39, 0.29) is 11.4 Å². The molecule has 1 fully saturated rings. The van der Waals surface area contributed by atoms with Gasteiger partial charge in [-0.3, -0.25) is 0 Å². The third kappa shape index (κ3) is 4.63. The molecule has 0 aliphatic carbocycles. The standard InChI is InChI=1S/C15H24FN3S/c1-15(2,3)18-10-11-4-7-17-14(13(11)16)19-12-5-8-20-9-6-12/h4,7,12,18H,5-6,8-10H2,1-3H3,(H,17,19). The Bertz CT molecular complexity index is 439. The molecule has 20 heavy (non-hydrogen) atoms. The Morgan fingerprint density at radius 3 is 2.70 bits per heavy atom. The molecule has 0 saturated carbocycles. The molecular formula is C15H24FN3S. The van der Waals surface area contributed by atoms with E-state index in [1.807, 2.05) is 11.8 Å². The van der Waals surface area contributed by atoms with Crippen molar-refractivity contribution in [3.63, 3.8) is 0 Å². The second-order valence-electron chi connectivity index (χ2n) is 6.27. The Kier molecular flexibility index (Phi) is 5.27. The van der Waals surface area contributed by atoms with E-state index in [2.05, 4.69) is 36.4 Å². The normalized spacial score (nSPS) is 17.2. The summed E-state index contributed by atoms with van der Waals surface area (Å²) in [5.74, 6) is 2.47.